The molecule has 4 bridgehead atoms. The summed E-state index contributed by atoms with van der Waals surface area (Å²) in [5.74, 6) is 5.98. The van der Waals surface area contributed by atoms with Crippen LogP contribution >= 0.6 is 0 Å². The molecule has 4 aliphatic carbocycles. The standard InChI is InChI=1S/C16H19N3/c1-3-13-6-14(11-17)9-15(7-13,18-4-2)12-5-19-16(12,8-13)10-14/h11,17H,2-3,6-10H2,1H3. The summed E-state index contributed by atoms with van der Waals surface area (Å²) in [6, 6.07) is 0. The van der Waals surface area contributed by atoms with Crippen molar-refractivity contribution < 1.29 is 0 Å². The smallest absolute Gasteiger partial charge is 0.104 e. The Bertz CT molecular complexity index is 599. The molecule has 5 rings (SSSR count). The first-order chi connectivity index (χ1) is 9.06. The van der Waals surface area contributed by atoms with E-state index in [0.29, 0.717) is 5.41 Å². The van der Waals surface area contributed by atoms with Crippen LogP contribution in [0.4, 0.5) is 0 Å². The molecule has 0 amide bonds. The van der Waals surface area contributed by atoms with Crippen LogP contribution in [-0.4, -0.2) is 29.0 Å². The lowest BCUT2D eigenvalue weighted by Gasteiger charge is -2.68. The maximum Gasteiger partial charge on any atom is 0.104 e. The van der Waals surface area contributed by atoms with Gasteiger partial charge in [0, 0.05) is 17.2 Å². The van der Waals surface area contributed by atoms with Crippen LogP contribution in [0.1, 0.15) is 45.4 Å². The largest absolute Gasteiger partial charge is 0.313 e. The number of nitrogens with zero attached hydrogens (tertiary/aromatic N) is 2. The lowest BCUT2D eigenvalue weighted by molar-refractivity contribution is -0.0665. The van der Waals surface area contributed by atoms with Gasteiger partial charge in [-0.05, 0) is 55.8 Å². The van der Waals surface area contributed by atoms with Gasteiger partial charge in [0.2, 0.25) is 0 Å². The van der Waals surface area contributed by atoms with Gasteiger partial charge in [0.1, 0.15) is 11.1 Å². The highest BCUT2D eigenvalue weighted by Gasteiger charge is 2.72. The van der Waals surface area contributed by atoms with Gasteiger partial charge >= 0.3 is 0 Å². The first-order valence-electron chi connectivity index (χ1n) is 7.17. The molecule has 1 aliphatic heterocycles. The molecule has 4 atom stereocenters. The van der Waals surface area contributed by atoms with Crippen LogP contribution in [0.25, 0.3) is 0 Å². The van der Waals surface area contributed by atoms with Crippen molar-refractivity contribution in [1.29, 1.82) is 5.41 Å². The van der Waals surface area contributed by atoms with Crippen LogP contribution in [0.3, 0.4) is 0 Å². The highest BCUT2D eigenvalue weighted by molar-refractivity contribution is 5.80. The monoisotopic (exact) mass is 253 g/mol. The van der Waals surface area contributed by atoms with Crippen molar-refractivity contribution >= 4 is 18.0 Å². The van der Waals surface area contributed by atoms with Gasteiger partial charge < -0.3 is 5.41 Å². The topological polar surface area (TPSA) is 48.6 Å². The molecular weight excluding hydrogens is 234 g/mol. The predicted molar refractivity (Wildman–Crippen MR) is 76.5 cm³/mol. The zero-order valence-corrected chi connectivity index (χ0v) is 11.4. The molecule has 0 radical (unpaired) electrons. The SMILES string of the molecule is C=C=NC12CC3(C=N)CC(CC)(C1)CC1(C3)N=C=C21. The average molecular weight is 253 g/mol. The Kier molecular flexibility index (Phi) is 1.80. The summed E-state index contributed by atoms with van der Waals surface area (Å²) in [7, 11) is 0. The molecule has 0 saturated heterocycles. The Balaban J connectivity index is 1.96. The van der Waals surface area contributed by atoms with Crippen molar-refractivity contribution in [2.45, 2.75) is 56.5 Å². The van der Waals surface area contributed by atoms with Crippen LogP contribution in [0, 0.1) is 16.2 Å². The molecule has 4 unspecified atom stereocenters. The second kappa shape index (κ2) is 3.00. The van der Waals surface area contributed by atoms with E-state index in [1.165, 1.54) is 5.57 Å². The molecule has 1 N–H and O–H groups in total. The molecule has 3 heteroatoms. The summed E-state index contributed by atoms with van der Waals surface area (Å²) in [6.45, 7) is 5.97. The van der Waals surface area contributed by atoms with E-state index in [0.717, 1.165) is 38.5 Å². The fourth-order valence-electron chi connectivity index (χ4n) is 5.71. The minimum atomic E-state index is -0.203. The van der Waals surface area contributed by atoms with Crippen molar-refractivity contribution in [2.75, 3.05) is 0 Å². The van der Waals surface area contributed by atoms with Crippen LogP contribution in [-0.2, 0) is 0 Å². The van der Waals surface area contributed by atoms with Gasteiger partial charge in [-0.1, -0.05) is 13.3 Å². The van der Waals surface area contributed by atoms with Gasteiger partial charge in [-0.25, -0.2) is 9.98 Å². The fourth-order valence-corrected chi connectivity index (χ4v) is 5.71. The maximum absolute atomic E-state index is 7.96. The van der Waals surface area contributed by atoms with E-state index in [2.05, 4.69) is 35.2 Å². The maximum atomic E-state index is 7.96. The van der Waals surface area contributed by atoms with Crippen molar-refractivity contribution in [2.24, 2.45) is 20.8 Å². The van der Waals surface area contributed by atoms with Gasteiger partial charge in [0.25, 0.3) is 0 Å². The quantitative estimate of drug-likeness (QED) is 0.752. The molecule has 0 aromatic heterocycles. The van der Waals surface area contributed by atoms with Crippen molar-refractivity contribution in [1.82, 2.24) is 0 Å². The molecule has 4 fully saturated rings. The fraction of sp³-hybridized carbons (Fsp3) is 0.688. The molecule has 1 spiro atoms. The van der Waals surface area contributed by atoms with Crippen molar-refractivity contribution in [3.63, 3.8) is 0 Å². The van der Waals surface area contributed by atoms with Gasteiger partial charge in [-0.15, -0.1) is 0 Å². The van der Waals surface area contributed by atoms with Crippen molar-refractivity contribution in [3.05, 3.63) is 12.2 Å². The molecule has 1 heterocycles. The third kappa shape index (κ3) is 1.10. The van der Waals surface area contributed by atoms with Gasteiger partial charge in [0.05, 0.1) is 0 Å². The van der Waals surface area contributed by atoms with Crippen LogP contribution < -0.4 is 0 Å². The third-order valence-corrected chi connectivity index (χ3v) is 6.01. The number of hydrogen-bond acceptors (Lipinski definition) is 3. The second-order valence-corrected chi connectivity index (χ2v) is 7.18. The normalized spacial score (nSPS) is 51.9. The van der Waals surface area contributed by atoms with E-state index >= 15 is 0 Å². The summed E-state index contributed by atoms with van der Waals surface area (Å²) in [5.41, 5.74) is 1.32. The Hall–Kier alpha value is -1.43. The molecule has 98 valence electrons. The molecule has 5 aliphatic rings. The van der Waals surface area contributed by atoms with Gasteiger partial charge in [0.15, 0.2) is 0 Å². The Morgan fingerprint density at radius 2 is 2.26 bits per heavy atom. The summed E-state index contributed by atoms with van der Waals surface area (Å²) in [5, 5.41) is 7.96. The van der Waals surface area contributed by atoms with E-state index in [-0.39, 0.29) is 16.5 Å². The summed E-state index contributed by atoms with van der Waals surface area (Å²) < 4.78 is 0. The zero-order valence-electron chi connectivity index (χ0n) is 11.4. The highest BCUT2D eigenvalue weighted by atomic mass is 15.0. The molecule has 19 heavy (non-hydrogen) atoms. The summed E-state index contributed by atoms with van der Waals surface area (Å²) in [6.07, 6.45) is 8.14. The number of aliphatic imine (C=N–C) groups is 2. The number of hydrogen-bond donors (Lipinski definition) is 1. The predicted octanol–water partition coefficient (Wildman–Crippen LogP) is 2.95. The summed E-state index contributed by atoms with van der Waals surface area (Å²) in [4.78, 5) is 9.29. The second-order valence-electron chi connectivity index (χ2n) is 7.18. The van der Waals surface area contributed by atoms with Crippen LogP contribution in [0.2, 0.25) is 0 Å². The minimum absolute atomic E-state index is 0.0119. The third-order valence-electron chi connectivity index (χ3n) is 6.01. The Morgan fingerprint density at radius 3 is 2.84 bits per heavy atom. The van der Waals surface area contributed by atoms with E-state index in [1.807, 2.05) is 0 Å². The van der Waals surface area contributed by atoms with Crippen LogP contribution in [0.15, 0.2) is 22.1 Å². The van der Waals surface area contributed by atoms with E-state index < -0.39 is 0 Å². The lowest BCUT2D eigenvalue weighted by atomic mass is 9.37. The van der Waals surface area contributed by atoms with E-state index in [1.54, 1.807) is 6.21 Å². The summed E-state index contributed by atoms with van der Waals surface area (Å²) >= 11 is 0. The first-order valence-corrected chi connectivity index (χ1v) is 7.17. The number of rotatable bonds is 3. The molecule has 3 nitrogen and oxygen atoms in total. The zero-order chi connectivity index (χ0) is 13.4. The number of nitrogens with one attached hydrogen (secondary N) is 1. The minimum Gasteiger partial charge on any atom is -0.313 e. The van der Waals surface area contributed by atoms with E-state index in [9.17, 15) is 0 Å². The molecular formula is C16H19N3. The van der Waals surface area contributed by atoms with E-state index in [4.69, 9.17) is 5.41 Å². The molecule has 0 aromatic carbocycles. The van der Waals surface area contributed by atoms with Gasteiger partial charge in [-0.3, -0.25) is 0 Å². The highest BCUT2D eigenvalue weighted by Crippen LogP contribution is 2.72. The first kappa shape index (κ1) is 11.4. The van der Waals surface area contributed by atoms with Crippen molar-refractivity contribution in [3.8, 4) is 0 Å². The Morgan fingerprint density at radius 1 is 1.42 bits per heavy atom. The molecule has 4 saturated carbocycles. The molecule has 0 aromatic rings. The Labute approximate surface area is 113 Å². The lowest BCUT2D eigenvalue weighted by Crippen LogP contribution is -2.69. The van der Waals surface area contributed by atoms with Gasteiger partial charge in [-0.2, -0.15) is 0 Å². The van der Waals surface area contributed by atoms with Crippen LogP contribution in [0.5, 0.6) is 0 Å². The average Bonchev–Trinajstić information content (AvgIpc) is 2.35.